The summed E-state index contributed by atoms with van der Waals surface area (Å²) in [5.74, 6) is 1.65. The molecule has 0 aliphatic heterocycles. The van der Waals surface area contributed by atoms with E-state index in [0.717, 1.165) is 17.3 Å². The van der Waals surface area contributed by atoms with Crippen molar-refractivity contribution in [3.05, 3.63) is 30.1 Å². The van der Waals surface area contributed by atoms with Gasteiger partial charge >= 0.3 is 0 Å². The molecule has 0 unspecified atom stereocenters. The standard InChI is InChI=1S/C12H15N5O/c1-18-11-6-4-10(5-7-11)17-12(14-15-16-17)8-13-9-2-3-9/h4-7,9,13H,2-3,8H2,1H3. The van der Waals surface area contributed by atoms with E-state index in [2.05, 4.69) is 20.8 Å². The largest absolute Gasteiger partial charge is 0.497 e. The molecule has 0 bridgehead atoms. The van der Waals surface area contributed by atoms with Gasteiger partial charge in [-0.15, -0.1) is 5.10 Å². The molecular weight excluding hydrogens is 230 g/mol. The number of methoxy groups -OCH3 is 1. The summed E-state index contributed by atoms with van der Waals surface area (Å²) in [4.78, 5) is 0. The first-order valence-corrected chi connectivity index (χ1v) is 6.02. The first-order valence-electron chi connectivity index (χ1n) is 6.02. The highest BCUT2D eigenvalue weighted by molar-refractivity contribution is 5.36. The summed E-state index contributed by atoms with van der Waals surface area (Å²) in [7, 11) is 1.65. The molecule has 1 N–H and O–H groups in total. The maximum Gasteiger partial charge on any atom is 0.170 e. The molecule has 6 heteroatoms. The summed E-state index contributed by atoms with van der Waals surface area (Å²) in [6.07, 6.45) is 2.51. The van der Waals surface area contributed by atoms with Gasteiger partial charge in [0.1, 0.15) is 5.75 Å². The van der Waals surface area contributed by atoms with Gasteiger partial charge in [0, 0.05) is 6.04 Å². The van der Waals surface area contributed by atoms with Crippen molar-refractivity contribution in [2.45, 2.75) is 25.4 Å². The predicted molar refractivity (Wildman–Crippen MR) is 65.6 cm³/mol. The first kappa shape index (κ1) is 11.2. The van der Waals surface area contributed by atoms with Gasteiger partial charge in [0.05, 0.1) is 19.3 Å². The van der Waals surface area contributed by atoms with E-state index in [4.69, 9.17) is 4.74 Å². The van der Waals surface area contributed by atoms with E-state index in [1.165, 1.54) is 12.8 Å². The molecule has 1 aliphatic carbocycles. The fraction of sp³-hybridized carbons (Fsp3) is 0.417. The molecule has 94 valence electrons. The fourth-order valence-electron chi connectivity index (χ4n) is 1.76. The number of hydrogen-bond donors (Lipinski definition) is 1. The normalized spacial score (nSPS) is 14.7. The smallest absolute Gasteiger partial charge is 0.170 e. The van der Waals surface area contributed by atoms with E-state index in [1.807, 2.05) is 24.3 Å². The SMILES string of the molecule is COc1ccc(-n2nnnc2CNC2CC2)cc1. The average molecular weight is 245 g/mol. The van der Waals surface area contributed by atoms with Gasteiger partial charge in [0.15, 0.2) is 5.82 Å². The topological polar surface area (TPSA) is 64.9 Å². The summed E-state index contributed by atoms with van der Waals surface area (Å²) in [5.41, 5.74) is 0.938. The number of benzene rings is 1. The second kappa shape index (κ2) is 4.73. The molecule has 6 nitrogen and oxygen atoms in total. The molecule has 0 saturated heterocycles. The summed E-state index contributed by atoms with van der Waals surface area (Å²) in [5, 5.41) is 15.2. The summed E-state index contributed by atoms with van der Waals surface area (Å²) in [6.45, 7) is 0.698. The Hall–Kier alpha value is -1.95. The second-order valence-electron chi connectivity index (χ2n) is 4.36. The Morgan fingerprint density at radius 2 is 2.11 bits per heavy atom. The minimum atomic E-state index is 0.644. The minimum Gasteiger partial charge on any atom is -0.497 e. The molecule has 1 aromatic carbocycles. The van der Waals surface area contributed by atoms with Crippen LogP contribution in [0.4, 0.5) is 0 Å². The lowest BCUT2D eigenvalue weighted by molar-refractivity contribution is 0.414. The van der Waals surface area contributed by atoms with Crippen LogP contribution in [0.25, 0.3) is 5.69 Å². The van der Waals surface area contributed by atoms with E-state index in [0.29, 0.717) is 12.6 Å². The molecule has 3 rings (SSSR count). The second-order valence-corrected chi connectivity index (χ2v) is 4.36. The van der Waals surface area contributed by atoms with E-state index in [1.54, 1.807) is 11.8 Å². The van der Waals surface area contributed by atoms with E-state index >= 15 is 0 Å². The third kappa shape index (κ3) is 2.33. The number of rotatable bonds is 5. The van der Waals surface area contributed by atoms with Crippen LogP contribution >= 0.6 is 0 Å². The van der Waals surface area contributed by atoms with Crippen molar-refractivity contribution < 1.29 is 4.74 Å². The Labute approximate surface area is 105 Å². The van der Waals surface area contributed by atoms with Gasteiger partial charge in [-0.05, 0) is 47.5 Å². The summed E-state index contributed by atoms with van der Waals surface area (Å²) < 4.78 is 6.88. The van der Waals surface area contributed by atoms with Gasteiger partial charge in [-0.25, -0.2) is 0 Å². The molecule has 1 saturated carbocycles. The van der Waals surface area contributed by atoms with Crippen LogP contribution in [0.1, 0.15) is 18.7 Å². The van der Waals surface area contributed by atoms with Crippen LogP contribution in [0.15, 0.2) is 24.3 Å². The maximum absolute atomic E-state index is 5.13. The molecule has 1 fully saturated rings. The lowest BCUT2D eigenvalue weighted by Crippen LogP contribution is -2.18. The lowest BCUT2D eigenvalue weighted by atomic mass is 10.3. The minimum absolute atomic E-state index is 0.644. The molecule has 0 amide bonds. The van der Waals surface area contributed by atoms with Crippen molar-refractivity contribution >= 4 is 0 Å². The van der Waals surface area contributed by atoms with Gasteiger partial charge in [-0.3, -0.25) is 0 Å². The third-order valence-electron chi connectivity index (χ3n) is 2.98. The fourth-order valence-corrected chi connectivity index (χ4v) is 1.76. The van der Waals surface area contributed by atoms with E-state index in [-0.39, 0.29) is 0 Å². The van der Waals surface area contributed by atoms with Crippen LogP contribution in [-0.4, -0.2) is 33.4 Å². The summed E-state index contributed by atoms with van der Waals surface area (Å²) in [6, 6.07) is 8.32. The highest BCUT2D eigenvalue weighted by Gasteiger charge is 2.21. The van der Waals surface area contributed by atoms with Crippen molar-refractivity contribution in [1.82, 2.24) is 25.5 Å². The van der Waals surface area contributed by atoms with E-state index < -0.39 is 0 Å². The number of ether oxygens (including phenoxy) is 1. The van der Waals surface area contributed by atoms with Crippen molar-refractivity contribution in [1.29, 1.82) is 0 Å². The lowest BCUT2D eigenvalue weighted by Gasteiger charge is -2.06. The van der Waals surface area contributed by atoms with Crippen molar-refractivity contribution in [3.63, 3.8) is 0 Å². The Morgan fingerprint density at radius 1 is 1.33 bits per heavy atom. The molecule has 1 aliphatic rings. The van der Waals surface area contributed by atoms with Crippen LogP contribution in [0.2, 0.25) is 0 Å². The van der Waals surface area contributed by atoms with Gasteiger partial charge < -0.3 is 10.1 Å². The number of hydrogen-bond acceptors (Lipinski definition) is 5. The highest BCUT2D eigenvalue weighted by Crippen LogP contribution is 2.19. The quantitative estimate of drug-likeness (QED) is 0.848. The zero-order valence-electron chi connectivity index (χ0n) is 10.2. The van der Waals surface area contributed by atoms with Gasteiger partial charge in [0.2, 0.25) is 0 Å². The highest BCUT2D eigenvalue weighted by atomic mass is 16.5. The monoisotopic (exact) mass is 245 g/mol. The van der Waals surface area contributed by atoms with Crippen LogP contribution in [-0.2, 0) is 6.54 Å². The number of tetrazole rings is 1. The Kier molecular flexibility index (Phi) is 2.93. The zero-order chi connectivity index (χ0) is 12.4. The molecule has 0 atom stereocenters. The number of nitrogens with zero attached hydrogens (tertiary/aromatic N) is 4. The molecule has 2 aromatic rings. The first-order chi connectivity index (χ1) is 8.86. The Morgan fingerprint density at radius 3 is 2.78 bits per heavy atom. The molecule has 18 heavy (non-hydrogen) atoms. The van der Waals surface area contributed by atoms with Crippen molar-refractivity contribution in [3.8, 4) is 11.4 Å². The van der Waals surface area contributed by atoms with Crippen LogP contribution in [0.5, 0.6) is 5.75 Å². The van der Waals surface area contributed by atoms with Gasteiger partial charge in [-0.1, -0.05) is 0 Å². The van der Waals surface area contributed by atoms with Crippen LogP contribution in [0.3, 0.4) is 0 Å². The predicted octanol–water partition coefficient (Wildman–Crippen LogP) is 0.923. The zero-order valence-corrected chi connectivity index (χ0v) is 10.2. The number of aromatic nitrogens is 4. The molecule has 1 aromatic heterocycles. The third-order valence-corrected chi connectivity index (χ3v) is 2.98. The van der Waals surface area contributed by atoms with Crippen molar-refractivity contribution in [2.24, 2.45) is 0 Å². The molecule has 0 spiro atoms. The Balaban J connectivity index is 1.78. The van der Waals surface area contributed by atoms with Crippen LogP contribution in [0, 0.1) is 0 Å². The van der Waals surface area contributed by atoms with E-state index in [9.17, 15) is 0 Å². The average Bonchev–Trinajstić information content (AvgIpc) is 3.14. The molecule has 1 heterocycles. The van der Waals surface area contributed by atoms with Gasteiger partial charge in [0.25, 0.3) is 0 Å². The number of nitrogens with one attached hydrogen (secondary N) is 1. The van der Waals surface area contributed by atoms with Crippen LogP contribution < -0.4 is 10.1 Å². The van der Waals surface area contributed by atoms with Gasteiger partial charge in [-0.2, -0.15) is 4.68 Å². The Bertz CT molecular complexity index is 518. The molecular formula is C12H15N5O. The van der Waals surface area contributed by atoms with Crippen molar-refractivity contribution in [2.75, 3.05) is 7.11 Å². The molecule has 0 radical (unpaired) electrons. The maximum atomic E-state index is 5.13. The summed E-state index contributed by atoms with van der Waals surface area (Å²) >= 11 is 0.